The molecule has 1 aliphatic heterocycles. The smallest absolute Gasteiger partial charge is 0.0993 e. The molecule has 1 unspecified atom stereocenters. The summed E-state index contributed by atoms with van der Waals surface area (Å²) in [6, 6.07) is 0.597. The third-order valence-corrected chi connectivity index (χ3v) is 4.55. The highest BCUT2D eigenvalue weighted by Gasteiger charge is 2.23. The number of rotatable bonds is 13. The summed E-state index contributed by atoms with van der Waals surface area (Å²) in [6.45, 7) is 9.29. The molecule has 0 radical (unpaired) electrons. The van der Waals surface area contributed by atoms with Crippen molar-refractivity contribution < 1.29 is 0 Å². The summed E-state index contributed by atoms with van der Waals surface area (Å²) in [5.41, 5.74) is 0. The van der Waals surface area contributed by atoms with Crippen LogP contribution in [0.3, 0.4) is 0 Å². The van der Waals surface area contributed by atoms with E-state index in [1.165, 1.54) is 96.0 Å². The molecular weight excluding hydrogens is 292 g/mol. The molecule has 1 rings (SSSR count). The molecule has 1 aliphatic rings. The second-order valence-corrected chi connectivity index (χ2v) is 6.66. The van der Waals surface area contributed by atoms with Crippen LogP contribution in [0.1, 0.15) is 97.8 Å². The minimum atomic E-state index is 0. The maximum atomic E-state index is 5.06. The van der Waals surface area contributed by atoms with Crippen LogP contribution in [0, 0.1) is 0 Å². The molecular formula is C19H39ClN2. The van der Waals surface area contributed by atoms with Crippen LogP contribution in [0.2, 0.25) is 0 Å². The van der Waals surface area contributed by atoms with Crippen LogP contribution in [0.15, 0.2) is 4.99 Å². The van der Waals surface area contributed by atoms with Gasteiger partial charge in [0.15, 0.2) is 0 Å². The van der Waals surface area contributed by atoms with Gasteiger partial charge in [0.2, 0.25) is 0 Å². The highest BCUT2D eigenvalue weighted by Crippen LogP contribution is 2.19. The maximum Gasteiger partial charge on any atom is 0.0993 e. The van der Waals surface area contributed by atoms with Gasteiger partial charge >= 0.3 is 0 Å². The van der Waals surface area contributed by atoms with Gasteiger partial charge in [-0.1, -0.05) is 72.1 Å². The second-order valence-electron chi connectivity index (χ2n) is 6.66. The average molecular weight is 331 g/mol. The monoisotopic (exact) mass is 330 g/mol. The van der Waals surface area contributed by atoms with Crippen LogP contribution >= 0.6 is 12.4 Å². The summed E-state index contributed by atoms with van der Waals surface area (Å²) >= 11 is 0. The lowest BCUT2D eigenvalue weighted by molar-refractivity contribution is 0.393. The van der Waals surface area contributed by atoms with Gasteiger partial charge in [-0.2, -0.15) is 0 Å². The van der Waals surface area contributed by atoms with Crippen molar-refractivity contribution in [3.8, 4) is 0 Å². The third kappa shape index (κ3) is 9.02. The Hall–Kier alpha value is -0.240. The highest BCUT2D eigenvalue weighted by atomic mass is 35.5. The molecule has 0 saturated heterocycles. The molecule has 1 heterocycles. The number of amidine groups is 1. The first-order chi connectivity index (χ1) is 10.3. The average Bonchev–Trinajstić information content (AvgIpc) is 2.88. The van der Waals surface area contributed by atoms with Gasteiger partial charge in [0.05, 0.1) is 11.9 Å². The Labute approximate surface area is 145 Å². The fourth-order valence-electron chi connectivity index (χ4n) is 3.16. The largest absolute Gasteiger partial charge is 0.358 e. The SMILES string of the molecule is CCCCCCC1=NC(CCCCCC)CN1CCCC.Cl. The van der Waals surface area contributed by atoms with E-state index < -0.39 is 0 Å². The molecule has 0 amide bonds. The van der Waals surface area contributed by atoms with E-state index >= 15 is 0 Å². The second kappa shape index (κ2) is 14.4. The number of halogens is 1. The molecule has 1 atom stereocenters. The van der Waals surface area contributed by atoms with Gasteiger partial charge < -0.3 is 4.90 Å². The van der Waals surface area contributed by atoms with Crippen molar-refractivity contribution in [1.29, 1.82) is 0 Å². The minimum Gasteiger partial charge on any atom is -0.358 e. The fraction of sp³-hybridized carbons (Fsp3) is 0.947. The Balaban J connectivity index is 0.00000441. The van der Waals surface area contributed by atoms with E-state index in [4.69, 9.17) is 4.99 Å². The molecule has 3 heteroatoms. The predicted octanol–water partition coefficient (Wildman–Crippen LogP) is 6.23. The Kier molecular flexibility index (Phi) is 14.2. The third-order valence-electron chi connectivity index (χ3n) is 4.55. The summed E-state index contributed by atoms with van der Waals surface area (Å²) in [6.07, 6.45) is 16.0. The maximum absolute atomic E-state index is 5.06. The number of nitrogens with zero attached hydrogens (tertiary/aromatic N) is 2. The van der Waals surface area contributed by atoms with E-state index in [9.17, 15) is 0 Å². The van der Waals surface area contributed by atoms with Crippen LogP contribution in [-0.4, -0.2) is 29.9 Å². The summed E-state index contributed by atoms with van der Waals surface area (Å²) < 4.78 is 0. The van der Waals surface area contributed by atoms with Crippen LogP contribution < -0.4 is 0 Å². The molecule has 2 nitrogen and oxygen atoms in total. The van der Waals surface area contributed by atoms with Crippen molar-refractivity contribution in [3.63, 3.8) is 0 Å². The van der Waals surface area contributed by atoms with Crippen LogP contribution in [-0.2, 0) is 0 Å². The molecule has 0 N–H and O–H groups in total. The summed E-state index contributed by atoms with van der Waals surface area (Å²) in [5, 5.41) is 0. The number of aliphatic imine (C=N–C) groups is 1. The predicted molar refractivity (Wildman–Crippen MR) is 102 cm³/mol. The number of hydrogen-bond donors (Lipinski definition) is 0. The Morgan fingerprint density at radius 1 is 0.864 bits per heavy atom. The molecule has 0 aromatic carbocycles. The highest BCUT2D eigenvalue weighted by molar-refractivity contribution is 5.85. The first-order valence-corrected chi connectivity index (χ1v) is 9.63. The molecule has 0 spiro atoms. The van der Waals surface area contributed by atoms with E-state index in [0.717, 1.165) is 0 Å². The summed E-state index contributed by atoms with van der Waals surface area (Å²) in [4.78, 5) is 7.66. The van der Waals surface area contributed by atoms with Crippen LogP contribution in [0.4, 0.5) is 0 Å². The van der Waals surface area contributed by atoms with Crippen molar-refractivity contribution in [2.75, 3.05) is 13.1 Å². The molecule has 0 aromatic rings. The van der Waals surface area contributed by atoms with Crippen LogP contribution in [0.25, 0.3) is 0 Å². The Bertz CT molecular complexity index is 279. The van der Waals surface area contributed by atoms with Gasteiger partial charge in [0.1, 0.15) is 0 Å². The first-order valence-electron chi connectivity index (χ1n) is 9.63. The summed E-state index contributed by atoms with van der Waals surface area (Å²) in [7, 11) is 0. The zero-order valence-corrected chi connectivity index (χ0v) is 16.1. The van der Waals surface area contributed by atoms with Gasteiger partial charge in [-0.3, -0.25) is 4.99 Å². The normalized spacial score (nSPS) is 17.5. The minimum absolute atomic E-state index is 0. The van der Waals surface area contributed by atoms with Crippen molar-refractivity contribution >= 4 is 18.2 Å². The lowest BCUT2D eigenvalue weighted by Crippen LogP contribution is -2.30. The number of hydrogen-bond acceptors (Lipinski definition) is 2. The zero-order chi connectivity index (χ0) is 15.3. The Morgan fingerprint density at radius 2 is 1.50 bits per heavy atom. The fourth-order valence-corrected chi connectivity index (χ4v) is 3.16. The van der Waals surface area contributed by atoms with E-state index in [2.05, 4.69) is 25.7 Å². The molecule has 132 valence electrons. The molecule has 0 aliphatic carbocycles. The molecule has 22 heavy (non-hydrogen) atoms. The topological polar surface area (TPSA) is 15.6 Å². The number of unbranched alkanes of at least 4 members (excludes halogenated alkanes) is 7. The van der Waals surface area contributed by atoms with Crippen molar-refractivity contribution in [3.05, 3.63) is 0 Å². The molecule has 0 aromatic heterocycles. The van der Waals surface area contributed by atoms with Gasteiger partial charge in [0.25, 0.3) is 0 Å². The van der Waals surface area contributed by atoms with Crippen molar-refractivity contribution in [2.24, 2.45) is 4.99 Å². The Morgan fingerprint density at radius 3 is 2.14 bits per heavy atom. The van der Waals surface area contributed by atoms with E-state index in [1.807, 2.05) is 0 Å². The zero-order valence-electron chi connectivity index (χ0n) is 15.3. The van der Waals surface area contributed by atoms with Gasteiger partial charge in [-0.15, -0.1) is 12.4 Å². The summed E-state index contributed by atoms with van der Waals surface area (Å²) in [5.74, 6) is 1.43. The van der Waals surface area contributed by atoms with Gasteiger partial charge in [-0.25, -0.2) is 0 Å². The molecule has 0 bridgehead atoms. The van der Waals surface area contributed by atoms with Crippen molar-refractivity contribution in [2.45, 2.75) is 104 Å². The lowest BCUT2D eigenvalue weighted by atomic mass is 10.1. The molecule has 0 saturated carbocycles. The van der Waals surface area contributed by atoms with Crippen LogP contribution in [0.5, 0.6) is 0 Å². The quantitative estimate of drug-likeness (QED) is 0.365. The van der Waals surface area contributed by atoms with E-state index in [-0.39, 0.29) is 12.4 Å². The van der Waals surface area contributed by atoms with E-state index in [1.54, 1.807) is 0 Å². The lowest BCUT2D eigenvalue weighted by Gasteiger charge is -2.21. The first kappa shape index (κ1) is 21.8. The van der Waals surface area contributed by atoms with Crippen molar-refractivity contribution in [1.82, 2.24) is 4.90 Å². The van der Waals surface area contributed by atoms with E-state index in [0.29, 0.717) is 6.04 Å². The molecule has 0 fully saturated rings. The van der Waals surface area contributed by atoms with Gasteiger partial charge in [0, 0.05) is 19.5 Å². The standard InChI is InChI=1S/C19H38N2.ClH/c1-4-7-10-12-14-18-17-21(16-9-6-3)19(20-18)15-13-11-8-5-2;/h18H,4-17H2,1-3H3;1H. The van der Waals surface area contributed by atoms with Gasteiger partial charge in [-0.05, 0) is 19.3 Å².